The summed E-state index contributed by atoms with van der Waals surface area (Å²) < 4.78 is 16.8. The van der Waals surface area contributed by atoms with E-state index < -0.39 is 6.10 Å². The molecule has 0 fully saturated rings. The van der Waals surface area contributed by atoms with Crippen molar-refractivity contribution in [3.63, 3.8) is 0 Å². The minimum absolute atomic E-state index is 0.0715. The summed E-state index contributed by atoms with van der Waals surface area (Å²) in [5.41, 5.74) is 0. The van der Waals surface area contributed by atoms with Crippen molar-refractivity contribution < 1.29 is 28.6 Å². The summed E-state index contributed by atoms with van der Waals surface area (Å²) in [6.45, 7) is 6.59. The van der Waals surface area contributed by atoms with E-state index in [1.54, 1.807) is 0 Å². The number of esters is 3. The lowest BCUT2D eigenvalue weighted by molar-refractivity contribution is -0.167. The van der Waals surface area contributed by atoms with Gasteiger partial charge in [0.25, 0.3) is 0 Å². The number of hydrogen-bond acceptors (Lipinski definition) is 6. The van der Waals surface area contributed by atoms with Crippen LogP contribution in [0.25, 0.3) is 0 Å². The maximum absolute atomic E-state index is 12.8. The van der Waals surface area contributed by atoms with E-state index in [1.807, 2.05) is 0 Å². The van der Waals surface area contributed by atoms with Gasteiger partial charge in [-0.3, -0.25) is 14.4 Å². The number of hydrogen-bond donors (Lipinski definition) is 0. The normalized spacial score (nSPS) is 12.2. The van der Waals surface area contributed by atoms with Gasteiger partial charge in [0.2, 0.25) is 0 Å². The first-order chi connectivity index (χ1) is 32.5. The first kappa shape index (κ1) is 63.6. The number of carbonyl (C=O) groups is 3. The third-order valence-electron chi connectivity index (χ3n) is 12.9. The lowest BCUT2D eigenvalue weighted by atomic mass is 10.0. The third-order valence-corrected chi connectivity index (χ3v) is 12.9. The Morgan fingerprint density at radius 1 is 0.303 bits per heavy atom. The molecule has 0 saturated heterocycles. The average molecular weight is 928 g/mol. The van der Waals surface area contributed by atoms with Gasteiger partial charge in [0.15, 0.2) is 6.10 Å². The van der Waals surface area contributed by atoms with Crippen molar-refractivity contribution in [2.45, 2.75) is 316 Å². The zero-order valence-electron chi connectivity index (χ0n) is 44.2. The molecule has 66 heavy (non-hydrogen) atoms. The molecule has 0 spiro atoms. The zero-order valence-corrected chi connectivity index (χ0v) is 44.2. The standard InChI is InChI=1S/C60H110O6/c1-4-7-10-13-16-18-20-22-24-26-27-28-29-30-31-32-33-35-36-38-40-42-44-47-50-53-59(62)65-56-57(55-64-58(61)52-49-46-15-12-9-6-3)66-60(63)54-51-48-45-43-41-39-37-34-25-23-21-19-17-14-11-8-5-2/h20,22-23,25-27,57H,4-19,21,24,28-56H2,1-3H3/b22-20-,25-23-,27-26-. The quantitative estimate of drug-likeness (QED) is 0.0262. The van der Waals surface area contributed by atoms with Crippen LogP contribution in [0.4, 0.5) is 0 Å². The van der Waals surface area contributed by atoms with Crippen LogP contribution in [0.1, 0.15) is 310 Å². The van der Waals surface area contributed by atoms with Gasteiger partial charge in [0.05, 0.1) is 0 Å². The van der Waals surface area contributed by atoms with Gasteiger partial charge in [0.1, 0.15) is 13.2 Å². The molecule has 0 aliphatic rings. The summed E-state index contributed by atoms with van der Waals surface area (Å²) in [5, 5.41) is 0. The Kier molecular flexibility index (Phi) is 53.2. The second-order valence-corrected chi connectivity index (χ2v) is 19.6. The molecule has 0 saturated carbocycles. The molecule has 0 rings (SSSR count). The fourth-order valence-electron chi connectivity index (χ4n) is 8.47. The summed E-state index contributed by atoms with van der Waals surface area (Å²) >= 11 is 0. The fourth-order valence-corrected chi connectivity index (χ4v) is 8.47. The first-order valence-electron chi connectivity index (χ1n) is 29.0. The van der Waals surface area contributed by atoms with Gasteiger partial charge in [0, 0.05) is 19.3 Å². The van der Waals surface area contributed by atoms with E-state index in [4.69, 9.17) is 14.2 Å². The van der Waals surface area contributed by atoms with Crippen LogP contribution >= 0.6 is 0 Å². The number of unbranched alkanes of at least 4 members (excludes halogenated alkanes) is 36. The summed E-state index contributed by atoms with van der Waals surface area (Å²) in [7, 11) is 0. The van der Waals surface area contributed by atoms with Crippen LogP contribution in [0.15, 0.2) is 36.5 Å². The topological polar surface area (TPSA) is 78.9 Å². The SMILES string of the molecule is CCCCCCC/C=C\C/C=C\CCCCCCCCCCCCCCCC(=O)OCC(COC(=O)CCCCCCCC)OC(=O)CCCCCCCCC/C=C\CCCCCCCC. The first-order valence-corrected chi connectivity index (χ1v) is 29.0. The Morgan fingerprint density at radius 2 is 0.545 bits per heavy atom. The molecule has 1 unspecified atom stereocenters. The molecule has 0 aromatic carbocycles. The minimum Gasteiger partial charge on any atom is -0.462 e. The van der Waals surface area contributed by atoms with Crippen molar-refractivity contribution in [3.05, 3.63) is 36.5 Å². The molecular formula is C60H110O6. The smallest absolute Gasteiger partial charge is 0.306 e. The Bertz CT molecular complexity index is 1110. The summed E-state index contributed by atoms with van der Waals surface area (Å²) in [5.74, 6) is -0.872. The molecule has 0 aromatic rings. The predicted octanol–water partition coefficient (Wildman–Crippen LogP) is 19.3. The van der Waals surface area contributed by atoms with Crippen molar-refractivity contribution in [3.8, 4) is 0 Å². The molecule has 0 N–H and O–H groups in total. The summed E-state index contributed by atoms with van der Waals surface area (Å²) in [6, 6.07) is 0. The van der Waals surface area contributed by atoms with E-state index in [2.05, 4.69) is 57.2 Å². The molecule has 0 aliphatic carbocycles. The lowest BCUT2D eigenvalue weighted by Crippen LogP contribution is -2.30. The number of carbonyl (C=O) groups excluding carboxylic acids is 3. The van der Waals surface area contributed by atoms with Crippen LogP contribution in [0.2, 0.25) is 0 Å². The monoisotopic (exact) mass is 927 g/mol. The van der Waals surface area contributed by atoms with Crippen molar-refractivity contribution in [1.82, 2.24) is 0 Å². The van der Waals surface area contributed by atoms with Crippen LogP contribution in [-0.4, -0.2) is 37.2 Å². The summed E-state index contributed by atoms with van der Waals surface area (Å²) in [4.78, 5) is 37.9. The zero-order chi connectivity index (χ0) is 47.9. The van der Waals surface area contributed by atoms with Crippen LogP contribution < -0.4 is 0 Å². The molecule has 6 nitrogen and oxygen atoms in total. The highest BCUT2D eigenvalue weighted by molar-refractivity contribution is 5.71. The van der Waals surface area contributed by atoms with Crippen molar-refractivity contribution in [2.75, 3.05) is 13.2 Å². The van der Waals surface area contributed by atoms with Gasteiger partial charge in [-0.1, -0.05) is 250 Å². The Morgan fingerprint density at radius 3 is 0.848 bits per heavy atom. The van der Waals surface area contributed by atoms with Gasteiger partial charge in [-0.25, -0.2) is 0 Å². The number of rotatable bonds is 53. The van der Waals surface area contributed by atoms with E-state index >= 15 is 0 Å². The molecule has 6 heteroatoms. The second kappa shape index (κ2) is 55.2. The van der Waals surface area contributed by atoms with Crippen molar-refractivity contribution >= 4 is 17.9 Å². The van der Waals surface area contributed by atoms with E-state index in [9.17, 15) is 14.4 Å². The van der Waals surface area contributed by atoms with Gasteiger partial charge < -0.3 is 14.2 Å². The van der Waals surface area contributed by atoms with E-state index in [0.29, 0.717) is 19.3 Å². The molecule has 0 aromatic heterocycles. The van der Waals surface area contributed by atoms with Crippen LogP contribution in [0, 0.1) is 0 Å². The highest BCUT2D eigenvalue weighted by Gasteiger charge is 2.19. The van der Waals surface area contributed by atoms with Gasteiger partial charge in [-0.05, 0) is 77.0 Å². The number of ether oxygens (including phenoxy) is 3. The van der Waals surface area contributed by atoms with Crippen molar-refractivity contribution in [1.29, 1.82) is 0 Å². The van der Waals surface area contributed by atoms with E-state index in [0.717, 1.165) is 64.2 Å². The fraction of sp³-hybridized carbons (Fsp3) is 0.850. The largest absolute Gasteiger partial charge is 0.462 e. The molecule has 1 atom stereocenters. The van der Waals surface area contributed by atoms with Gasteiger partial charge >= 0.3 is 17.9 Å². The molecule has 0 aliphatic heterocycles. The number of allylic oxidation sites excluding steroid dienone is 6. The molecular weight excluding hydrogens is 817 g/mol. The molecule has 0 radical (unpaired) electrons. The van der Waals surface area contributed by atoms with E-state index in [1.165, 1.54) is 205 Å². The van der Waals surface area contributed by atoms with Gasteiger partial charge in [-0.15, -0.1) is 0 Å². The Labute approximate surface area is 410 Å². The van der Waals surface area contributed by atoms with E-state index in [-0.39, 0.29) is 31.1 Å². The average Bonchev–Trinajstić information content (AvgIpc) is 3.31. The maximum atomic E-state index is 12.8. The third kappa shape index (κ3) is 52.6. The molecule has 0 heterocycles. The highest BCUT2D eigenvalue weighted by atomic mass is 16.6. The lowest BCUT2D eigenvalue weighted by Gasteiger charge is -2.18. The highest BCUT2D eigenvalue weighted by Crippen LogP contribution is 2.16. The van der Waals surface area contributed by atoms with Crippen LogP contribution in [0.3, 0.4) is 0 Å². The molecule has 0 bridgehead atoms. The Balaban J connectivity index is 4.09. The minimum atomic E-state index is -0.769. The van der Waals surface area contributed by atoms with Crippen molar-refractivity contribution in [2.24, 2.45) is 0 Å². The Hall–Kier alpha value is -2.37. The van der Waals surface area contributed by atoms with Gasteiger partial charge in [-0.2, -0.15) is 0 Å². The second-order valence-electron chi connectivity index (χ2n) is 19.6. The van der Waals surface area contributed by atoms with Crippen LogP contribution in [0.5, 0.6) is 0 Å². The maximum Gasteiger partial charge on any atom is 0.306 e. The summed E-state index contributed by atoms with van der Waals surface area (Å²) in [6.07, 6.45) is 66.0. The predicted molar refractivity (Wildman–Crippen MR) is 284 cm³/mol. The van der Waals surface area contributed by atoms with Crippen LogP contribution in [-0.2, 0) is 28.6 Å². The molecule has 386 valence electrons. The molecule has 0 amide bonds.